The molecule has 0 amide bonds. The molecule has 0 aliphatic heterocycles. The average Bonchev–Trinajstić information content (AvgIpc) is 3.21. The molecule has 0 radical (unpaired) electrons. The minimum atomic E-state index is -0.405. The molecule has 3 nitrogen and oxygen atoms in total. The Labute approximate surface area is 116 Å². The van der Waals surface area contributed by atoms with E-state index in [1.54, 1.807) is 7.11 Å². The van der Waals surface area contributed by atoms with Crippen LogP contribution in [0.5, 0.6) is 0 Å². The zero-order valence-corrected chi connectivity index (χ0v) is 12.2. The number of benzene rings is 1. The quantitative estimate of drug-likeness (QED) is 0.820. The Bertz CT molecular complexity index is 415. The lowest BCUT2D eigenvalue weighted by Gasteiger charge is -2.25. The Morgan fingerprint density at radius 2 is 2.11 bits per heavy atom. The standard InChI is InChI=1S/C16H25NO2/c1-12-4-5-13(2)15(10-12)16(18)11-17(8-9-19-3)14-6-7-14/h4-5,10,14,16,18H,6-9,11H2,1-3H3. The molecule has 1 atom stereocenters. The molecule has 19 heavy (non-hydrogen) atoms. The molecule has 1 aliphatic carbocycles. The van der Waals surface area contributed by atoms with Crippen LogP contribution in [-0.4, -0.2) is 42.9 Å². The fourth-order valence-corrected chi connectivity index (χ4v) is 2.51. The Morgan fingerprint density at radius 1 is 1.37 bits per heavy atom. The number of aliphatic hydroxyl groups is 1. The van der Waals surface area contributed by atoms with Gasteiger partial charge in [0.15, 0.2) is 0 Å². The molecule has 2 rings (SSSR count). The second-order valence-corrected chi connectivity index (χ2v) is 5.59. The van der Waals surface area contributed by atoms with E-state index >= 15 is 0 Å². The molecule has 1 unspecified atom stereocenters. The van der Waals surface area contributed by atoms with E-state index in [2.05, 4.69) is 36.9 Å². The van der Waals surface area contributed by atoms with E-state index in [0.717, 1.165) is 18.7 Å². The van der Waals surface area contributed by atoms with Crippen molar-refractivity contribution in [2.75, 3.05) is 26.8 Å². The summed E-state index contributed by atoms with van der Waals surface area (Å²) in [5.74, 6) is 0. The number of nitrogens with zero attached hydrogens (tertiary/aromatic N) is 1. The lowest BCUT2D eigenvalue weighted by molar-refractivity contribution is 0.0842. The van der Waals surface area contributed by atoms with Crippen molar-refractivity contribution < 1.29 is 9.84 Å². The number of hydrogen-bond donors (Lipinski definition) is 1. The third-order valence-electron chi connectivity index (χ3n) is 3.85. The summed E-state index contributed by atoms with van der Waals surface area (Å²) in [6.07, 6.45) is 2.10. The minimum absolute atomic E-state index is 0.405. The highest BCUT2D eigenvalue weighted by Crippen LogP contribution is 2.29. The second-order valence-electron chi connectivity index (χ2n) is 5.59. The summed E-state index contributed by atoms with van der Waals surface area (Å²) in [5, 5.41) is 10.5. The highest BCUT2D eigenvalue weighted by Gasteiger charge is 2.30. The molecule has 1 aromatic rings. The van der Waals surface area contributed by atoms with Crippen molar-refractivity contribution >= 4 is 0 Å². The van der Waals surface area contributed by atoms with Gasteiger partial charge in [0.05, 0.1) is 12.7 Å². The highest BCUT2D eigenvalue weighted by molar-refractivity contribution is 5.32. The number of aliphatic hydroxyl groups excluding tert-OH is 1. The summed E-state index contributed by atoms with van der Waals surface area (Å²) in [7, 11) is 1.73. The van der Waals surface area contributed by atoms with Gasteiger partial charge in [-0.1, -0.05) is 23.8 Å². The average molecular weight is 263 g/mol. The van der Waals surface area contributed by atoms with Gasteiger partial charge in [0.1, 0.15) is 0 Å². The van der Waals surface area contributed by atoms with Crippen molar-refractivity contribution in [3.8, 4) is 0 Å². The van der Waals surface area contributed by atoms with Gasteiger partial charge in [-0.3, -0.25) is 4.90 Å². The van der Waals surface area contributed by atoms with Crippen LogP contribution < -0.4 is 0 Å². The first-order chi connectivity index (χ1) is 9.11. The van der Waals surface area contributed by atoms with Gasteiger partial charge in [-0.15, -0.1) is 0 Å². The Hall–Kier alpha value is -0.900. The largest absolute Gasteiger partial charge is 0.387 e. The molecule has 1 N–H and O–H groups in total. The molecule has 0 bridgehead atoms. The molecule has 106 valence electrons. The fourth-order valence-electron chi connectivity index (χ4n) is 2.51. The van der Waals surface area contributed by atoms with E-state index < -0.39 is 6.10 Å². The molecule has 1 aromatic carbocycles. The van der Waals surface area contributed by atoms with Crippen LogP contribution >= 0.6 is 0 Å². The van der Waals surface area contributed by atoms with Crippen molar-refractivity contribution in [2.45, 2.75) is 38.8 Å². The first-order valence-electron chi connectivity index (χ1n) is 7.10. The zero-order chi connectivity index (χ0) is 13.8. The van der Waals surface area contributed by atoms with Gasteiger partial charge in [-0.25, -0.2) is 0 Å². The maximum absolute atomic E-state index is 10.5. The summed E-state index contributed by atoms with van der Waals surface area (Å²) >= 11 is 0. The first-order valence-corrected chi connectivity index (χ1v) is 7.10. The Balaban J connectivity index is 2.01. The van der Waals surface area contributed by atoms with Crippen LogP contribution in [0.25, 0.3) is 0 Å². The first kappa shape index (κ1) is 14.5. The molecule has 0 heterocycles. The van der Waals surface area contributed by atoms with Gasteiger partial charge >= 0.3 is 0 Å². The van der Waals surface area contributed by atoms with Crippen LogP contribution in [0.4, 0.5) is 0 Å². The zero-order valence-electron chi connectivity index (χ0n) is 12.2. The molecule has 1 saturated carbocycles. The molecule has 0 saturated heterocycles. The van der Waals surface area contributed by atoms with Gasteiger partial charge in [0.2, 0.25) is 0 Å². The van der Waals surface area contributed by atoms with E-state index in [4.69, 9.17) is 4.74 Å². The van der Waals surface area contributed by atoms with Crippen LogP contribution in [0.1, 0.15) is 35.6 Å². The summed E-state index contributed by atoms with van der Waals surface area (Å²) in [4.78, 5) is 2.36. The number of ether oxygens (including phenoxy) is 1. The number of aryl methyl sites for hydroxylation is 2. The van der Waals surface area contributed by atoms with Crippen LogP contribution in [0.15, 0.2) is 18.2 Å². The number of hydrogen-bond acceptors (Lipinski definition) is 3. The van der Waals surface area contributed by atoms with E-state index in [1.165, 1.54) is 24.0 Å². The van der Waals surface area contributed by atoms with Crippen molar-refractivity contribution in [1.82, 2.24) is 4.90 Å². The van der Waals surface area contributed by atoms with E-state index in [1.807, 2.05) is 0 Å². The molecule has 1 fully saturated rings. The number of rotatable bonds is 7. The predicted octanol–water partition coefficient (Wildman–Crippen LogP) is 2.45. The topological polar surface area (TPSA) is 32.7 Å². The maximum Gasteiger partial charge on any atom is 0.0919 e. The van der Waals surface area contributed by atoms with Crippen LogP contribution in [0.3, 0.4) is 0 Å². The lowest BCUT2D eigenvalue weighted by atomic mass is 10.0. The van der Waals surface area contributed by atoms with Gasteiger partial charge in [-0.2, -0.15) is 0 Å². The molecular formula is C16H25NO2. The minimum Gasteiger partial charge on any atom is -0.387 e. The Kier molecular flexibility index (Phi) is 4.97. The van der Waals surface area contributed by atoms with E-state index in [9.17, 15) is 5.11 Å². The summed E-state index contributed by atoms with van der Waals surface area (Å²) < 4.78 is 5.16. The third kappa shape index (κ3) is 4.03. The van der Waals surface area contributed by atoms with E-state index in [0.29, 0.717) is 12.6 Å². The Morgan fingerprint density at radius 3 is 2.74 bits per heavy atom. The van der Waals surface area contributed by atoms with Gasteiger partial charge in [0.25, 0.3) is 0 Å². The SMILES string of the molecule is COCCN(CC(O)c1cc(C)ccc1C)C1CC1. The second kappa shape index (κ2) is 6.51. The molecule has 0 aromatic heterocycles. The third-order valence-corrected chi connectivity index (χ3v) is 3.85. The van der Waals surface area contributed by atoms with Gasteiger partial charge < -0.3 is 9.84 Å². The van der Waals surface area contributed by atoms with Crippen molar-refractivity contribution in [2.24, 2.45) is 0 Å². The monoisotopic (exact) mass is 263 g/mol. The lowest BCUT2D eigenvalue weighted by Crippen LogP contribution is -2.33. The molecule has 1 aliphatic rings. The predicted molar refractivity (Wildman–Crippen MR) is 77.3 cm³/mol. The molecular weight excluding hydrogens is 238 g/mol. The summed E-state index contributed by atoms with van der Waals surface area (Å²) in [5.41, 5.74) is 3.43. The van der Waals surface area contributed by atoms with Crippen molar-refractivity contribution in [3.63, 3.8) is 0 Å². The fraction of sp³-hybridized carbons (Fsp3) is 0.625. The maximum atomic E-state index is 10.5. The number of methoxy groups -OCH3 is 1. The molecule has 0 spiro atoms. The van der Waals surface area contributed by atoms with Crippen molar-refractivity contribution in [3.05, 3.63) is 34.9 Å². The van der Waals surface area contributed by atoms with Gasteiger partial charge in [0, 0.05) is 26.2 Å². The smallest absolute Gasteiger partial charge is 0.0919 e. The van der Waals surface area contributed by atoms with E-state index in [-0.39, 0.29) is 0 Å². The van der Waals surface area contributed by atoms with Crippen LogP contribution in [0, 0.1) is 13.8 Å². The molecule has 3 heteroatoms. The summed E-state index contributed by atoms with van der Waals surface area (Å²) in [6, 6.07) is 6.93. The highest BCUT2D eigenvalue weighted by atomic mass is 16.5. The summed E-state index contributed by atoms with van der Waals surface area (Å²) in [6.45, 7) is 6.48. The van der Waals surface area contributed by atoms with Crippen molar-refractivity contribution in [1.29, 1.82) is 0 Å². The van der Waals surface area contributed by atoms with Crippen LogP contribution in [0.2, 0.25) is 0 Å². The van der Waals surface area contributed by atoms with Gasteiger partial charge in [-0.05, 0) is 37.8 Å². The normalized spacial score (nSPS) is 16.9. The van der Waals surface area contributed by atoms with Crippen LogP contribution in [-0.2, 0) is 4.74 Å².